The fourth-order valence-electron chi connectivity index (χ4n) is 2.36. The molecule has 0 unspecified atom stereocenters. The van der Waals surface area contributed by atoms with Crippen molar-refractivity contribution in [1.82, 2.24) is 10.2 Å². The van der Waals surface area contributed by atoms with Crippen LogP contribution in [-0.2, 0) is 4.79 Å². The Morgan fingerprint density at radius 3 is 2.57 bits per heavy atom. The van der Waals surface area contributed by atoms with Gasteiger partial charge in [-0.2, -0.15) is 0 Å². The molecule has 2 amide bonds. The average Bonchev–Trinajstić information content (AvgIpc) is 2.50. The zero-order valence-electron chi connectivity index (χ0n) is 11.7. The first-order chi connectivity index (χ1) is 10.1. The fraction of sp³-hybridized carbons (Fsp3) is 0.467. The highest BCUT2D eigenvalue weighted by atomic mass is 19.2. The van der Waals surface area contributed by atoms with E-state index in [9.17, 15) is 18.4 Å². The highest BCUT2D eigenvalue weighted by Gasteiger charge is 2.18. The first-order valence-corrected chi connectivity index (χ1v) is 7.09. The van der Waals surface area contributed by atoms with Gasteiger partial charge in [0.25, 0.3) is 5.91 Å². The Morgan fingerprint density at radius 2 is 1.86 bits per heavy atom. The monoisotopic (exact) mass is 296 g/mol. The molecule has 0 radical (unpaired) electrons. The van der Waals surface area contributed by atoms with Gasteiger partial charge in [-0.25, -0.2) is 8.78 Å². The lowest BCUT2D eigenvalue weighted by atomic mass is 10.1. The predicted octanol–water partition coefficient (Wildman–Crippen LogP) is 2.10. The standard InChI is InChI=1S/C15H18F2N2O2/c16-12-6-4-5-11(14(12)17)15(21)18-8-7-13(20)19-9-2-1-3-10-19/h4-6H,1-3,7-10H2,(H,18,21). The van der Waals surface area contributed by atoms with Gasteiger partial charge in [-0.15, -0.1) is 0 Å². The quantitative estimate of drug-likeness (QED) is 0.925. The largest absolute Gasteiger partial charge is 0.351 e. The summed E-state index contributed by atoms with van der Waals surface area (Å²) in [7, 11) is 0. The van der Waals surface area contributed by atoms with Crippen LogP contribution in [0.3, 0.4) is 0 Å². The van der Waals surface area contributed by atoms with Gasteiger partial charge in [0.05, 0.1) is 5.56 Å². The maximum absolute atomic E-state index is 13.4. The summed E-state index contributed by atoms with van der Waals surface area (Å²) < 4.78 is 26.4. The Balaban J connectivity index is 1.81. The maximum atomic E-state index is 13.4. The molecule has 6 heteroatoms. The lowest BCUT2D eigenvalue weighted by molar-refractivity contribution is -0.131. The first kappa shape index (κ1) is 15.4. The van der Waals surface area contributed by atoms with Gasteiger partial charge in [-0.05, 0) is 31.4 Å². The van der Waals surface area contributed by atoms with Crippen molar-refractivity contribution in [3.8, 4) is 0 Å². The third kappa shape index (κ3) is 4.00. The van der Waals surface area contributed by atoms with Crippen LogP contribution < -0.4 is 5.32 Å². The molecule has 1 saturated heterocycles. The van der Waals surface area contributed by atoms with Gasteiger partial charge >= 0.3 is 0 Å². The van der Waals surface area contributed by atoms with Crippen molar-refractivity contribution in [2.75, 3.05) is 19.6 Å². The van der Waals surface area contributed by atoms with Gasteiger partial charge in [-0.3, -0.25) is 9.59 Å². The number of carbonyl (C=O) groups excluding carboxylic acids is 2. The van der Waals surface area contributed by atoms with Gasteiger partial charge < -0.3 is 10.2 Å². The van der Waals surface area contributed by atoms with Crippen LogP contribution in [0.15, 0.2) is 18.2 Å². The second-order valence-corrected chi connectivity index (χ2v) is 5.05. The summed E-state index contributed by atoms with van der Waals surface area (Å²) >= 11 is 0. The second kappa shape index (κ2) is 7.15. The molecule has 1 N–H and O–H groups in total. The summed E-state index contributed by atoms with van der Waals surface area (Å²) in [4.78, 5) is 25.4. The smallest absolute Gasteiger partial charge is 0.254 e. The highest BCUT2D eigenvalue weighted by Crippen LogP contribution is 2.11. The number of nitrogens with zero attached hydrogens (tertiary/aromatic N) is 1. The van der Waals surface area contributed by atoms with E-state index in [1.807, 2.05) is 0 Å². The van der Waals surface area contributed by atoms with Crippen molar-refractivity contribution in [2.24, 2.45) is 0 Å². The number of amides is 2. The molecule has 1 fully saturated rings. The van der Waals surface area contributed by atoms with Crippen LogP contribution in [0.25, 0.3) is 0 Å². The van der Waals surface area contributed by atoms with E-state index in [0.29, 0.717) is 0 Å². The number of hydrogen-bond acceptors (Lipinski definition) is 2. The predicted molar refractivity (Wildman–Crippen MR) is 73.7 cm³/mol. The molecule has 0 bridgehead atoms. The van der Waals surface area contributed by atoms with Crippen molar-refractivity contribution in [1.29, 1.82) is 0 Å². The van der Waals surface area contributed by atoms with Crippen LogP contribution in [0.2, 0.25) is 0 Å². The van der Waals surface area contributed by atoms with E-state index in [4.69, 9.17) is 0 Å². The maximum Gasteiger partial charge on any atom is 0.254 e. The van der Waals surface area contributed by atoms with Crippen molar-refractivity contribution < 1.29 is 18.4 Å². The minimum atomic E-state index is -1.17. The number of nitrogens with one attached hydrogen (secondary N) is 1. The molecule has 21 heavy (non-hydrogen) atoms. The molecule has 0 aliphatic carbocycles. The molecular formula is C15H18F2N2O2. The summed E-state index contributed by atoms with van der Waals surface area (Å²) in [6.45, 7) is 1.63. The van der Waals surface area contributed by atoms with Gasteiger partial charge in [0, 0.05) is 26.1 Å². The summed E-state index contributed by atoms with van der Waals surface area (Å²) in [5, 5.41) is 2.44. The number of benzene rings is 1. The summed E-state index contributed by atoms with van der Waals surface area (Å²) in [5.74, 6) is -2.96. The molecule has 1 aliphatic heterocycles. The zero-order valence-corrected chi connectivity index (χ0v) is 11.7. The summed E-state index contributed by atoms with van der Waals surface area (Å²) in [6.07, 6.45) is 3.32. The zero-order chi connectivity index (χ0) is 15.2. The minimum absolute atomic E-state index is 0.0188. The van der Waals surface area contributed by atoms with Crippen molar-refractivity contribution >= 4 is 11.8 Å². The average molecular weight is 296 g/mol. The summed E-state index contributed by atoms with van der Waals surface area (Å²) in [6, 6.07) is 3.43. The Labute approximate surface area is 122 Å². The van der Waals surface area contributed by atoms with E-state index in [0.717, 1.165) is 38.4 Å². The van der Waals surface area contributed by atoms with Gasteiger partial charge in [0.2, 0.25) is 5.91 Å². The Morgan fingerprint density at radius 1 is 1.14 bits per heavy atom. The van der Waals surface area contributed by atoms with Crippen LogP contribution in [0, 0.1) is 11.6 Å². The van der Waals surface area contributed by atoms with Gasteiger partial charge in [0.1, 0.15) is 0 Å². The lowest BCUT2D eigenvalue weighted by Gasteiger charge is -2.26. The van der Waals surface area contributed by atoms with E-state index >= 15 is 0 Å². The van der Waals surface area contributed by atoms with E-state index in [1.54, 1.807) is 4.90 Å². The SMILES string of the molecule is O=C(NCCC(=O)N1CCCCC1)c1cccc(F)c1F. The lowest BCUT2D eigenvalue weighted by Crippen LogP contribution is -2.37. The molecule has 114 valence electrons. The number of hydrogen-bond donors (Lipinski definition) is 1. The van der Waals surface area contributed by atoms with E-state index in [1.165, 1.54) is 12.1 Å². The molecule has 0 spiro atoms. The fourth-order valence-corrected chi connectivity index (χ4v) is 2.36. The van der Waals surface area contributed by atoms with E-state index in [-0.39, 0.29) is 24.4 Å². The molecule has 1 aliphatic rings. The molecule has 1 aromatic carbocycles. The Bertz CT molecular complexity index is 528. The number of carbonyl (C=O) groups is 2. The number of piperidine rings is 1. The number of halogens is 2. The van der Waals surface area contributed by atoms with E-state index in [2.05, 4.69) is 5.32 Å². The van der Waals surface area contributed by atoms with Crippen molar-refractivity contribution in [3.05, 3.63) is 35.4 Å². The minimum Gasteiger partial charge on any atom is -0.351 e. The topological polar surface area (TPSA) is 49.4 Å². The highest BCUT2D eigenvalue weighted by molar-refractivity contribution is 5.94. The van der Waals surface area contributed by atoms with Crippen molar-refractivity contribution in [3.63, 3.8) is 0 Å². The molecule has 1 heterocycles. The molecular weight excluding hydrogens is 278 g/mol. The van der Waals surface area contributed by atoms with Crippen molar-refractivity contribution in [2.45, 2.75) is 25.7 Å². The molecule has 4 nitrogen and oxygen atoms in total. The van der Waals surface area contributed by atoms with Gasteiger partial charge in [0.15, 0.2) is 11.6 Å². The molecule has 1 aromatic rings. The molecule has 2 rings (SSSR count). The third-order valence-corrected chi connectivity index (χ3v) is 3.53. The Hall–Kier alpha value is -1.98. The van der Waals surface area contributed by atoms with Crippen LogP contribution in [0.5, 0.6) is 0 Å². The number of likely N-dealkylation sites (tertiary alicyclic amines) is 1. The first-order valence-electron chi connectivity index (χ1n) is 7.09. The third-order valence-electron chi connectivity index (χ3n) is 3.53. The molecule has 0 saturated carbocycles. The van der Waals surface area contributed by atoms with Gasteiger partial charge in [-0.1, -0.05) is 6.07 Å². The number of rotatable bonds is 4. The molecule has 0 aromatic heterocycles. The summed E-state index contributed by atoms with van der Waals surface area (Å²) in [5.41, 5.74) is -0.347. The van der Waals surface area contributed by atoms with Crippen LogP contribution in [0.4, 0.5) is 8.78 Å². The Kier molecular flexibility index (Phi) is 5.25. The van der Waals surface area contributed by atoms with Crippen LogP contribution >= 0.6 is 0 Å². The normalized spacial score (nSPS) is 14.9. The molecule has 0 atom stereocenters. The van der Waals surface area contributed by atoms with Crippen LogP contribution in [-0.4, -0.2) is 36.3 Å². The second-order valence-electron chi connectivity index (χ2n) is 5.05. The van der Waals surface area contributed by atoms with Crippen LogP contribution in [0.1, 0.15) is 36.0 Å². The van der Waals surface area contributed by atoms with E-state index < -0.39 is 17.5 Å².